The van der Waals surface area contributed by atoms with E-state index < -0.39 is 34.2 Å². The monoisotopic (exact) mass is 363 g/mol. The summed E-state index contributed by atoms with van der Waals surface area (Å²) in [6.07, 6.45) is 3.62. The summed E-state index contributed by atoms with van der Waals surface area (Å²) in [4.78, 5) is 28.5. The van der Waals surface area contributed by atoms with Gasteiger partial charge in [0.2, 0.25) is 5.91 Å². The predicted octanol–water partition coefficient (Wildman–Crippen LogP) is 0.868. The number of amides is 2. The lowest BCUT2D eigenvalue weighted by molar-refractivity contribution is -0.145. The van der Waals surface area contributed by atoms with Crippen LogP contribution in [0.15, 0.2) is 5.16 Å². The molecule has 0 aromatic rings. The fourth-order valence-electron chi connectivity index (χ4n) is 2.42. The van der Waals surface area contributed by atoms with Gasteiger partial charge in [0.05, 0.1) is 18.2 Å². The van der Waals surface area contributed by atoms with Crippen LogP contribution in [0.1, 0.15) is 52.9 Å². The molecular weight excluding hydrogens is 338 g/mol. The molecule has 1 fully saturated rings. The molecule has 0 saturated carbocycles. The normalized spacial score (nSPS) is 20.3. The van der Waals surface area contributed by atoms with E-state index in [4.69, 9.17) is 9.39 Å². The maximum absolute atomic E-state index is 11.8. The summed E-state index contributed by atoms with van der Waals surface area (Å²) in [5.74, 6) is -1.30. The Morgan fingerprint density at radius 3 is 2.33 bits per heavy atom. The van der Waals surface area contributed by atoms with E-state index in [2.05, 4.69) is 10.5 Å². The quantitative estimate of drug-likeness (QED) is 0.195. The molecule has 1 saturated heterocycles. The lowest BCUT2D eigenvalue weighted by atomic mass is 10.0. The molecule has 0 aromatic carbocycles. The van der Waals surface area contributed by atoms with Crippen molar-refractivity contribution in [1.82, 2.24) is 9.62 Å². The summed E-state index contributed by atoms with van der Waals surface area (Å²) < 4.78 is 31.1. The molecule has 0 radical (unpaired) electrons. The molecule has 0 spiro atoms. The molecule has 0 aromatic heterocycles. The third-order valence-electron chi connectivity index (χ3n) is 3.59. The number of rotatable bonds is 10. The van der Waals surface area contributed by atoms with Crippen molar-refractivity contribution in [1.29, 1.82) is 0 Å². The Morgan fingerprint density at radius 2 is 1.88 bits per heavy atom. The van der Waals surface area contributed by atoms with Crippen molar-refractivity contribution >= 4 is 27.8 Å². The molecule has 1 aliphatic heterocycles. The largest absolute Gasteiger partial charge is 0.395 e. The Kier molecular flexibility index (Phi) is 7.61. The number of nitrogens with zero attached hydrogens (tertiary/aromatic N) is 2. The number of carbonyl (C=O) groups is 2. The van der Waals surface area contributed by atoms with Gasteiger partial charge in [0, 0.05) is 0 Å². The Labute approximate surface area is 142 Å². The highest BCUT2D eigenvalue weighted by molar-refractivity contribution is 7.84. The average molecular weight is 363 g/mol. The Bertz CT molecular complexity index is 581. The Balaban J connectivity index is 2.38. The highest BCUT2D eigenvalue weighted by Gasteiger charge is 2.51. The minimum absolute atomic E-state index is 0.00257. The van der Waals surface area contributed by atoms with Gasteiger partial charge >= 0.3 is 10.3 Å². The van der Waals surface area contributed by atoms with Crippen molar-refractivity contribution in [2.45, 2.75) is 65.0 Å². The molecule has 1 heterocycles. The van der Waals surface area contributed by atoms with Gasteiger partial charge < -0.3 is 10.2 Å². The van der Waals surface area contributed by atoms with Crippen LogP contribution >= 0.6 is 0 Å². The van der Waals surface area contributed by atoms with Gasteiger partial charge in [0.1, 0.15) is 12.6 Å². The molecule has 2 atom stereocenters. The van der Waals surface area contributed by atoms with Gasteiger partial charge in [-0.05, 0) is 19.8 Å². The second-order valence-corrected chi connectivity index (χ2v) is 6.93. The molecular formula is C14H25N3O6S. The fourth-order valence-corrected chi connectivity index (χ4v) is 3.30. The topological polar surface area (TPSA) is 125 Å². The van der Waals surface area contributed by atoms with E-state index in [0.717, 1.165) is 31.4 Å². The third-order valence-corrected chi connectivity index (χ3v) is 4.60. The van der Waals surface area contributed by atoms with Crippen molar-refractivity contribution in [2.24, 2.45) is 5.16 Å². The van der Waals surface area contributed by atoms with Crippen molar-refractivity contribution in [3.05, 3.63) is 0 Å². The van der Waals surface area contributed by atoms with Crippen LogP contribution in [0.4, 0.5) is 0 Å². The maximum Gasteiger partial charge on any atom is 0.362 e. The van der Waals surface area contributed by atoms with Gasteiger partial charge in [0.25, 0.3) is 5.91 Å². The van der Waals surface area contributed by atoms with Crippen LogP contribution in [0.2, 0.25) is 0 Å². The van der Waals surface area contributed by atoms with Gasteiger partial charge in [-0.25, -0.2) is 4.31 Å². The van der Waals surface area contributed by atoms with Crippen LogP contribution in [0.3, 0.4) is 0 Å². The molecule has 1 rings (SSSR count). The minimum atomic E-state index is -4.58. The Hall–Kier alpha value is -1.68. The second kappa shape index (κ2) is 8.97. The summed E-state index contributed by atoms with van der Waals surface area (Å²) in [5, 5.41) is 6.43. The first-order valence-electron chi connectivity index (χ1n) is 8.00. The van der Waals surface area contributed by atoms with Crippen LogP contribution in [0.25, 0.3) is 0 Å². The van der Waals surface area contributed by atoms with E-state index in [9.17, 15) is 18.0 Å². The zero-order chi connectivity index (χ0) is 18.3. The first-order valence-corrected chi connectivity index (χ1v) is 9.39. The Morgan fingerprint density at radius 1 is 1.29 bits per heavy atom. The minimum Gasteiger partial charge on any atom is -0.395 e. The third kappa shape index (κ3) is 5.45. The van der Waals surface area contributed by atoms with Crippen LogP contribution in [0, 0.1) is 0 Å². The van der Waals surface area contributed by atoms with Gasteiger partial charge in [-0.2, -0.15) is 8.42 Å². The summed E-state index contributed by atoms with van der Waals surface area (Å²) in [5.41, 5.74) is 0.951. The number of β-lactam (4-membered cyclic amide) rings is 1. The molecule has 2 N–H and O–H groups in total. The first-order chi connectivity index (χ1) is 11.2. The smallest absolute Gasteiger partial charge is 0.362 e. The molecule has 1 aliphatic rings. The van der Waals surface area contributed by atoms with E-state index in [1.165, 1.54) is 6.92 Å². The predicted molar refractivity (Wildman–Crippen MR) is 87.6 cm³/mol. The second-order valence-electron chi connectivity index (χ2n) is 5.64. The van der Waals surface area contributed by atoms with Crippen molar-refractivity contribution in [3.63, 3.8) is 0 Å². The van der Waals surface area contributed by atoms with Crippen molar-refractivity contribution in [2.75, 3.05) is 6.61 Å². The van der Waals surface area contributed by atoms with Crippen LogP contribution in [-0.4, -0.2) is 53.5 Å². The van der Waals surface area contributed by atoms with Gasteiger partial charge in [-0.3, -0.25) is 14.1 Å². The summed E-state index contributed by atoms with van der Waals surface area (Å²) in [6.45, 7) is 5.58. The SMILES string of the molecule is CCCC(CCC)=NOCCC(=O)N[C@@H]1C(=O)N(S(=O)(=O)O)[C@H]1C. The summed E-state index contributed by atoms with van der Waals surface area (Å²) >= 11 is 0. The number of hydrogen-bond donors (Lipinski definition) is 2. The molecule has 138 valence electrons. The van der Waals surface area contributed by atoms with Crippen LogP contribution in [-0.2, 0) is 24.7 Å². The number of hydrogen-bond acceptors (Lipinski definition) is 6. The molecule has 10 heteroatoms. The van der Waals surface area contributed by atoms with Gasteiger partial charge in [-0.15, -0.1) is 0 Å². The maximum atomic E-state index is 11.8. The van der Waals surface area contributed by atoms with E-state index in [0.29, 0.717) is 4.31 Å². The standard InChI is InChI=1S/C14H25N3O6S/c1-4-6-11(7-5-2)16-23-9-8-12(18)15-13-10(3)17(14(13)19)24(20,21)22/h10,13H,4-9H2,1-3H3,(H,15,18)(H,20,21,22)/t10-,13-/m0/s1. The lowest BCUT2D eigenvalue weighted by Gasteiger charge is -2.42. The molecule has 0 unspecified atom stereocenters. The molecule has 9 nitrogen and oxygen atoms in total. The summed E-state index contributed by atoms with van der Waals surface area (Å²) in [7, 11) is -4.58. The van der Waals surface area contributed by atoms with Gasteiger partial charge in [-0.1, -0.05) is 31.8 Å². The van der Waals surface area contributed by atoms with E-state index >= 15 is 0 Å². The number of nitrogens with one attached hydrogen (secondary N) is 1. The van der Waals surface area contributed by atoms with E-state index in [-0.39, 0.29) is 13.0 Å². The molecule has 2 amide bonds. The average Bonchev–Trinajstić information content (AvgIpc) is 2.48. The van der Waals surface area contributed by atoms with Crippen LogP contribution < -0.4 is 5.32 Å². The fraction of sp³-hybridized carbons (Fsp3) is 0.786. The van der Waals surface area contributed by atoms with E-state index in [1.54, 1.807) is 0 Å². The molecule has 0 aliphatic carbocycles. The zero-order valence-corrected chi connectivity index (χ0v) is 15.0. The lowest BCUT2D eigenvalue weighted by Crippen LogP contribution is -2.70. The number of carbonyl (C=O) groups excluding carboxylic acids is 2. The number of oxime groups is 1. The van der Waals surface area contributed by atoms with Crippen molar-refractivity contribution in [3.8, 4) is 0 Å². The summed E-state index contributed by atoms with van der Waals surface area (Å²) in [6, 6.07) is -1.78. The highest BCUT2D eigenvalue weighted by atomic mass is 32.2. The molecule has 24 heavy (non-hydrogen) atoms. The first kappa shape index (κ1) is 20.4. The van der Waals surface area contributed by atoms with E-state index in [1.807, 2.05) is 13.8 Å². The van der Waals surface area contributed by atoms with Crippen molar-refractivity contribution < 1.29 is 27.4 Å². The van der Waals surface area contributed by atoms with Gasteiger partial charge in [0.15, 0.2) is 0 Å². The highest BCUT2D eigenvalue weighted by Crippen LogP contribution is 2.22. The van der Waals surface area contributed by atoms with Crippen LogP contribution in [0.5, 0.6) is 0 Å². The molecule has 0 bridgehead atoms. The zero-order valence-electron chi connectivity index (χ0n) is 14.2.